The third kappa shape index (κ3) is 3.41. The van der Waals surface area contributed by atoms with Crippen molar-refractivity contribution in [1.29, 1.82) is 0 Å². The SMILES string of the molecule is Clc1ccc(-n2cnnc2CCNc2ccccc2)cc1. The number of para-hydroxylation sites is 1. The van der Waals surface area contributed by atoms with Gasteiger partial charge in [-0.15, -0.1) is 10.2 Å². The topological polar surface area (TPSA) is 42.7 Å². The number of aromatic nitrogens is 3. The summed E-state index contributed by atoms with van der Waals surface area (Å²) in [5, 5.41) is 12.3. The highest BCUT2D eigenvalue weighted by atomic mass is 35.5. The molecular weight excluding hydrogens is 284 g/mol. The predicted molar refractivity (Wildman–Crippen MR) is 85.0 cm³/mol. The second-order valence-electron chi connectivity index (χ2n) is 4.64. The van der Waals surface area contributed by atoms with Crippen molar-refractivity contribution in [3.63, 3.8) is 0 Å². The first kappa shape index (κ1) is 13.6. The first-order valence-corrected chi connectivity index (χ1v) is 7.14. The number of hydrogen-bond acceptors (Lipinski definition) is 3. The summed E-state index contributed by atoms with van der Waals surface area (Å²) in [7, 11) is 0. The molecule has 0 fully saturated rings. The zero-order chi connectivity index (χ0) is 14.5. The van der Waals surface area contributed by atoms with E-state index in [1.807, 2.05) is 59.2 Å². The molecule has 0 aliphatic rings. The smallest absolute Gasteiger partial charge is 0.139 e. The molecule has 1 heterocycles. The molecule has 106 valence electrons. The molecule has 0 bridgehead atoms. The van der Waals surface area contributed by atoms with Crippen LogP contribution in [0.3, 0.4) is 0 Å². The lowest BCUT2D eigenvalue weighted by Crippen LogP contribution is -2.09. The molecule has 21 heavy (non-hydrogen) atoms. The number of anilines is 1. The van der Waals surface area contributed by atoms with Crippen LogP contribution in [-0.4, -0.2) is 21.3 Å². The highest BCUT2D eigenvalue weighted by molar-refractivity contribution is 6.30. The van der Waals surface area contributed by atoms with Gasteiger partial charge in [-0.25, -0.2) is 0 Å². The fourth-order valence-electron chi connectivity index (χ4n) is 2.12. The summed E-state index contributed by atoms with van der Waals surface area (Å²) >= 11 is 5.91. The van der Waals surface area contributed by atoms with Gasteiger partial charge >= 0.3 is 0 Å². The Morgan fingerprint density at radius 2 is 1.76 bits per heavy atom. The van der Waals surface area contributed by atoms with Gasteiger partial charge in [0.15, 0.2) is 0 Å². The first-order chi connectivity index (χ1) is 10.3. The van der Waals surface area contributed by atoms with Gasteiger partial charge in [0.1, 0.15) is 12.2 Å². The van der Waals surface area contributed by atoms with E-state index in [1.54, 1.807) is 6.33 Å². The average Bonchev–Trinajstić information content (AvgIpc) is 2.98. The Morgan fingerprint density at radius 3 is 2.52 bits per heavy atom. The Bertz CT molecular complexity index is 692. The second kappa shape index (κ2) is 6.41. The van der Waals surface area contributed by atoms with Gasteiger partial charge < -0.3 is 5.32 Å². The highest BCUT2D eigenvalue weighted by Crippen LogP contribution is 2.14. The van der Waals surface area contributed by atoms with Gasteiger partial charge in [-0.1, -0.05) is 29.8 Å². The molecule has 1 N–H and O–H groups in total. The lowest BCUT2D eigenvalue weighted by Gasteiger charge is -2.08. The molecule has 0 aliphatic carbocycles. The largest absolute Gasteiger partial charge is 0.385 e. The van der Waals surface area contributed by atoms with E-state index >= 15 is 0 Å². The lowest BCUT2D eigenvalue weighted by molar-refractivity contribution is 0.850. The van der Waals surface area contributed by atoms with Crippen LogP contribution in [0.15, 0.2) is 60.9 Å². The minimum absolute atomic E-state index is 0.721. The van der Waals surface area contributed by atoms with Crippen molar-refractivity contribution in [1.82, 2.24) is 14.8 Å². The van der Waals surface area contributed by atoms with E-state index in [0.717, 1.165) is 35.2 Å². The van der Waals surface area contributed by atoms with Crippen molar-refractivity contribution in [2.75, 3.05) is 11.9 Å². The number of benzene rings is 2. The molecule has 2 aromatic carbocycles. The number of halogens is 1. The average molecular weight is 299 g/mol. The van der Waals surface area contributed by atoms with Crippen LogP contribution in [0.4, 0.5) is 5.69 Å². The summed E-state index contributed by atoms with van der Waals surface area (Å²) in [5.41, 5.74) is 2.12. The maximum absolute atomic E-state index is 5.91. The quantitative estimate of drug-likeness (QED) is 0.783. The standard InChI is InChI=1S/C16H15ClN4/c17-13-6-8-15(9-7-13)21-12-19-20-16(21)10-11-18-14-4-2-1-3-5-14/h1-9,12,18H,10-11H2. The number of rotatable bonds is 5. The zero-order valence-corrected chi connectivity index (χ0v) is 12.2. The lowest BCUT2D eigenvalue weighted by atomic mass is 10.3. The van der Waals surface area contributed by atoms with Crippen LogP contribution >= 0.6 is 11.6 Å². The molecule has 0 radical (unpaired) electrons. The molecule has 0 saturated carbocycles. The molecule has 5 heteroatoms. The van der Waals surface area contributed by atoms with Crippen LogP contribution in [0.5, 0.6) is 0 Å². The van der Waals surface area contributed by atoms with Gasteiger partial charge in [0.2, 0.25) is 0 Å². The summed E-state index contributed by atoms with van der Waals surface area (Å²) in [6, 6.07) is 17.8. The molecule has 0 saturated heterocycles. The maximum Gasteiger partial charge on any atom is 0.139 e. The Kier molecular flexibility index (Phi) is 4.17. The monoisotopic (exact) mass is 298 g/mol. The van der Waals surface area contributed by atoms with Crippen LogP contribution in [0.2, 0.25) is 5.02 Å². The van der Waals surface area contributed by atoms with Crippen LogP contribution in [-0.2, 0) is 6.42 Å². The zero-order valence-electron chi connectivity index (χ0n) is 11.4. The van der Waals surface area contributed by atoms with Gasteiger partial charge in [-0.3, -0.25) is 4.57 Å². The van der Waals surface area contributed by atoms with Crippen LogP contribution in [0.1, 0.15) is 5.82 Å². The predicted octanol–water partition coefficient (Wildman–Crippen LogP) is 3.58. The normalized spacial score (nSPS) is 10.5. The Labute approximate surface area is 128 Å². The molecular formula is C16H15ClN4. The summed E-state index contributed by atoms with van der Waals surface area (Å²) in [6.45, 7) is 0.802. The molecule has 0 amide bonds. The van der Waals surface area contributed by atoms with E-state index < -0.39 is 0 Å². The van der Waals surface area contributed by atoms with Gasteiger partial charge in [0, 0.05) is 29.4 Å². The highest BCUT2D eigenvalue weighted by Gasteiger charge is 2.06. The summed E-state index contributed by atoms with van der Waals surface area (Å²) in [4.78, 5) is 0. The maximum atomic E-state index is 5.91. The molecule has 0 spiro atoms. The van der Waals surface area contributed by atoms with Crippen LogP contribution in [0, 0.1) is 0 Å². The summed E-state index contributed by atoms with van der Waals surface area (Å²) in [6.07, 6.45) is 2.51. The van der Waals surface area contributed by atoms with Crippen molar-refractivity contribution >= 4 is 17.3 Å². The molecule has 0 aliphatic heterocycles. The van der Waals surface area contributed by atoms with E-state index in [4.69, 9.17) is 11.6 Å². The van der Waals surface area contributed by atoms with E-state index in [1.165, 1.54) is 0 Å². The third-order valence-corrected chi connectivity index (χ3v) is 3.43. The Balaban J connectivity index is 1.67. The molecule has 1 aromatic heterocycles. The van der Waals surface area contributed by atoms with Crippen molar-refractivity contribution in [2.24, 2.45) is 0 Å². The minimum atomic E-state index is 0.721. The van der Waals surface area contributed by atoms with Crippen molar-refractivity contribution in [2.45, 2.75) is 6.42 Å². The van der Waals surface area contributed by atoms with E-state index in [-0.39, 0.29) is 0 Å². The summed E-state index contributed by atoms with van der Waals surface area (Å²) in [5.74, 6) is 0.917. The Morgan fingerprint density at radius 1 is 1.00 bits per heavy atom. The van der Waals surface area contributed by atoms with E-state index in [2.05, 4.69) is 15.5 Å². The molecule has 0 atom stereocenters. The fraction of sp³-hybridized carbons (Fsp3) is 0.125. The van der Waals surface area contributed by atoms with Crippen LogP contribution < -0.4 is 5.32 Å². The Hall–Kier alpha value is -2.33. The van der Waals surface area contributed by atoms with E-state index in [0.29, 0.717) is 0 Å². The fourth-order valence-corrected chi connectivity index (χ4v) is 2.25. The molecule has 3 aromatic rings. The molecule has 4 nitrogen and oxygen atoms in total. The minimum Gasteiger partial charge on any atom is -0.385 e. The van der Waals surface area contributed by atoms with Crippen LogP contribution in [0.25, 0.3) is 5.69 Å². The second-order valence-corrected chi connectivity index (χ2v) is 5.07. The van der Waals surface area contributed by atoms with Crippen molar-refractivity contribution in [3.05, 3.63) is 71.8 Å². The van der Waals surface area contributed by atoms with Gasteiger partial charge in [0.05, 0.1) is 0 Å². The number of nitrogens with zero attached hydrogens (tertiary/aromatic N) is 3. The van der Waals surface area contributed by atoms with Crippen molar-refractivity contribution in [3.8, 4) is 5.69 Å². The first-order valence-electron chi connectivity index (χ1n) is 6.77. The molecule has 3 rings (SSSR count). The van der Waals surface area contributed by atoms with Gasteiger partial charge in [0.25, 0.3) is 0 Å². The number of nitrogens with one attached hydrogen (secondary N) is 1. The number of hydrogen-bond donors (Lipinski definition) is 1. The molecule has 0 unspecified atom stereocenters. The third-order valence-electron chi connectivity index (χ3n) is 3.17. The van der Waals surface area contributed by atoms with E-state index in [9.17, 15) is 0 Å². The van der Waals surface area contributed by atoms with Crippen molar-refractivity contribution < 1.29 is 0 Å². The summed E-state index contributed by atoms with van der Waals surface area (Å²) < 4.78 is 1.98. The van der Waals surface area contributed by atoms with Gasteiger partial charge in [-0.2, -0.15) is 0 Å². The van der Waals surface area contributed by atoms with Gasteiger partial charge in [-0.05, 0) is 36.4 Å².